The van der Waals surface area contributed by atoms with Crippen LogP contribution in [0.15, 0.2) is 0 Å². The molecule has 0 aromatic heterocycles. The van der Waals surface area contributed by atoms with Crippen LogP contribution in [0.25, 0.3) is 0 Å². The van der Waals surface area contributed by atoms with E-state index in [9.17, 15) is 17.6 Å². The fraction of sp³-hybridized carbons (Fsp3) is 1.00. The largest absolute Gasteiger partial charge is 0.380 e. The van der Waals surface area contributed by atoms with Crippen molar-refractivity contribution in [2.45, 2.75) is 70.4 Å². The molecule has 4 unspecified atom stereocenters. The van der Waals surface area contributed by atoms with Crippen molar-refractivity contribution in [2.24, 2.45) is 0 Å². The first kappa shape index (κ1) is 20.6. The van der Waals surface area contributed by atoms with Crippen LogP contribution < -0.4 is 0 Å². The Morgan fingerprint density at radius 2 is 1.22 bits per heavy atom. The summed E-state index contributed by atoms with van der Waals surface area (Å²) in [6, 6.07) is -1.54. The molecule has 1 aliphatic rings. The number of nitrogens with zero attached hydrogens (tertiary/aromatic N) is 2. The van der Waals surface area contributed by atoms with Crippen LogP contribution in [-0.4, -0.2) is 68.1 Å². The highest BCUT2D eigenvalue weighted by atomic mass is 19.3. The molecule has 8 heteroatoms. The van der Waals surface area contributed by atoms with E-state index in [0.717, 1.165) is 0 Å². The van der Waals surface area contributed by atoms with Crippen molar-refractivity contribution in [2.75, 3.05) is 27.4 Å². The standard InChI is InChI=1S/C15H28F4N2O2/c1-5-7-11-12(8-6-2)21(14(17)10-23-4)15(18,19)20(11)13(16)9-22-3/h11-14H,5-10H2,1-4H3. The van der Waals surface area contributed by atoms with Gasteiger partial charge >= 0.3 is 6.17 Å². The third-order valence-corrected chi connectivity index (χ3v) is 4.16. The Kier molecular flexibility index (Phi) is 8.20. The maximum atomic E-state index is 14.8. The molecule has 0 radical (unpaired) electrons. The Morgan fingerprint density at radius 3 is 1.48 bits per heavy atom. The zero-order valence-electron chi connectivity index (χ0n) is 14.3. The predicted octanol–water partition coefficient (Wildman–Crippen LogP) is 3.38. The van der Waals surface area contributed by atoms with Gasteiger partial charge in [-0.2, -0.15) is 18.6 Å². The average molecular weight is 344 g/mol. The second-order valence-electron chi connectivity index (χ2n) is 5.82. The van der Waals surface area contributed by atoms with Crippen molar-refractivity contribution in [1.82, 2.24) is 9.80 Å². The van der Waals surface area contributed by atoms with Gasteiger partial charge in [0, 0.05) is 26.3 Å². The third-order valence-electron chi connectivity index (χ3n) is 4.16. The highest BCUT2D eigenvalue weighted by Crippen LogP contribution is 2.44. The van der Waals surface area contributed by atoms with E-state index in [-0.39, 0.29) is 0 Å². The topological polar surface area (TPSA) is 24.9 Å². The van der Waals surface area contributed by atoms with Gasteiger partial charge in [-0.05, 0) is 12.8 Å². The Morgan fingerprint density at radius 1 is 0.870 bits per heavy atom. The van der Waals surface area contributed by atoms with Gasteiger partial charge in [-0.1, -0.05) is 26.7 Å². The molecule has 0 spiro atoms. The summed E-state index contributed by atoms with van der Waals surface area (Å²) < 4.78 is 67.7. The minimum atomic E-state index is -3.73. The van der Waals surface area contributed by atoms with E-state index < -0.39 is 44.1 Å². The van der Waals surface area contributed by atoms with Gasteiger partial charge in [0.2, 0.25) is 0 Å². The lowest BCUT2D eigenvalue weighted by Crippen LogP contribution is -2.54. The highest BCUT2D eigenvalue weighted by molar-refractivity contribution is 5.00. The molecule has 1 fully saturated rings. The van der Waals surface area contributed by atoms with Crippen molar-refractivity contribution >= 4 is 0 Å². The molecule has 23 heavy (non-hydrogen) atoms. The first-order valence-corrected chi connectivity index (χ1v) is 8.07. The molecular formula is C15H28F4N2O2. The summed E-state index contributed by atoms with van der Waals surface area (Å²) in [5.41, 5.74) is 0. The fourth-order valence-electron chi connectivity index (χ4n) is 3.35. The molecule has 138 valence electrons. The molecule has 4 atom stereocenters. The third kappa shape index (κ3) is 4.35. The average Bonchev–Trinajstić information content (AvgIpc) is 2.67. The predicted molar refractivity (Wildman–Crippen MR) is 79.6 cm³/mol. The van der Waals surface area contributed by atoms with E-state index in [1.807, 2.05) is 13.8 Å². The van der Waals surface area contributed by atoms with Gasteiger partial charge in [-0.25, -0.2) is 8.78 Å². The van der Waals surface area contributed by atoms with Crippen molar-refractivity contribution in [1.29, 1.82) is 0 Å². The van der Waals surface area contributed by atoms with Gasteiger partial charge in [-0.3, -0.25) is 0 Å². The number of alkyl halides is 4. The number of hydrogen-bond donors (Lipinski definition) is 0. The molecular weight excluding hydrogens is 316 g/mol. The molecule has 1 heterocycles. The summed E-state index contributed by atoms with van der Waals surface area (Å²) in [6.07, 6.45) is -5.79. The molecule has 1 rings (SSSR count). The van der Waals surface area contributed by atoms with Gasteiger partial charge in [-0.15, -0.1) is 0 Å². The summed E-state index contributed by atoms with van der Waals surface area (Å²) >= 11 is 0. The molecule has 4 nitrogen and oxygen atoms in total. The lowest BCUT2D eigenvalue weighted by Gasteiger charge is -2.34. The molecule has 0 aromatic rings. The second kappa shape index (κ2) is 9.15. The maximum absolute atomic E-state index is 14.8. The molecule has 1 saturated heterocycles. The number of halogens is 4. The lowest BCUT2D eigenvalue weighted by atomic mass is 9.98. The molecule has 0 amide bonds. The summed E-state index contributed by atoms with van der Waals surface area (Å²) in [7, 11) is 2.50. The Bertz CT molecular complexity index is 319. The summed E-state index contributed by atoms with van der Waals surface area (Å²) in [5, 5.41) is 0. The van der Waals surface area contributed by atoms with E-state index in [0.29, 0.717) is 35.5 Å². The molecule has 0 N–H and O–H groups in total. The maximum Gasteiger partial charge on any atom is 0.374 e. The van der Waals surface area contributed by atoms with Crippen molar-refractivity contribution in [3.63, 3.8) is 0 Å². The Labute approximate surface area is 135 Å². The van der Waals surface area contributed by atoms with Crippen molar-refractivity contribution in [3.05, 3.63) is 0 Å². The number of hydrogen-bond acceptors (Lipinski definition) is 4. The number of methoxy groups -OCH3 is 2. The van der Waals surface area contributed by atoms with Gasteiger partial charge in [0.05, 0.1) is 13.2 Å². The first-order valence-electron chi connectivity index (χ1n) is 8.07. The van der Waals surface area contributed by atoms with Gasteiger partial charge in [0.15, 0.2) is 12.6 Å². The van der Waals surface area contributed by atoms with Crippen LogP contribution in [0.1, 0.15) is 39.5 Å². The van der Waals surface area contributed by atoms with E-state index in [4.69, 9.17) is 0 Å². The minimum absolute atomic E-state index is 0.362. The highest BCUT2D eigenvalue weighted by Gasteiger charge is 2.63. The van der Waals surface area contributed by atoms with Gasteiger partial charge < -0.3 is 9.47 Å². The molecule has 0 aliphatic carbocycles. The van der Waals surface area contributed by atoms with Crippen LogP contribution in [0.2, 0.25) is 0 Å². The van der Waals surface area contributed by atoms with Crippen LogP contribution in [-0.2, 0) is 9.47 Å². The van der Waals surface area contributed by atoms with Crippen LogP contribution in [0, 0.1) is 0 Å². The zero-order chi connectivity index (χ0) is 17.6. The fourth-order valence-corrected chi connectivity index (χ4v) is 3.35. The minimum Gasteiger partial charge on any atom is -0.380 e. The summed E-state index contributed by atoms with van der Waals surface area (Å²) in [4.78, 5) is 0.950. The van der Waals surface area contributed by atoms with Crippen LogP contribution in [0.4, 0.5) is 17.6 Å². The molecule has 0 saturated carbocycles. The van der Waals surface area contributed by atoms with E-state index in [2.05, 4.69) is 9.47 Å². The summed E-state index contributed by atoms with van der Waals surface area (Å²) in [6.45, 7) is 2.72. The molecule has 0 aromatic carbocycles. The van der Waals surface area contributed by atoms with Crippen LogP contribution in [0.5, 0.6) is 0 Å². The van der Waals surface area contributed by atoms with Crippen molar-refractivity contribution < 1.29 is 27.0 Å². The first-order chi connectivity index (χ1) is 10.9. The van der Waals surface area contributed by atoms with E-state index in [1.165, 1.54) is 14.2 Å². The van der Waals surface area contributed by atoms with E-state index >= 15 is 0 Å². The molecule has 0 bridgehead atoms. The van der Waals surface area contributed by atoms with Crippen molar-refractivity contribution in [3.8, 4) is 0 Å². The normalized spacial score (nSPS) is 28.2. The van der Waals surface area contributed by atoms with Crippen LogP contribution >= 0.6 is 0 Å². The smallest absolute Gasteiger partial charge is 0.374 e. The van der Waals surface area contributed by atoms with Gasteiger partial charge in [0.25, 0.3) is 0 Å². The van der Waals surface area contributed by atoms with Gasteiger partial charge in [0.1, 0.15) is 0 Å². The Balaban J connectivity index is 3.20. The molecule has 1 aliphatic heterocycles. The van der Waals surface area contributed by atoms with Crippen LogP contribution in [0.3, 0.4) is 0 Å². The summed E-state index contributed by atoms with van der Waals surface area (Å²) in [5.74, 6) is 0. The quantitative estimate of drug-likeness (QED) is 0.448. The Hall–Kier alpha value is -0.440. The zero-order valence-corrected chi connectivity index (χ0v) is 14.3. The van der Waals surface area contributed by atoms with E-state index in [1.54, 1.807) is 0 Å². The second-order valence-corrected chi connectivity index (χ2v) is 5.82. The SMILES string of the molecule is CCCC1C(CCC)N(C(F)COC)C(F)(F)N1C(F)COC. The lowest BCUT2D eigenvalue weighted by molar-refractivity contribution is -0.274. The number of ether oxygens (including phenoxy) is 2. The number of rotatable bonds is 10. The monoisotopic (exact) mass is 344 g/mol.